The van der Waals surface area contributed by atoms with Crippen LogP contribution in [-0.4, -0.2) is 31.2 Å². The largest absolute Gasteiger partial charge is 0.389 e. The topological polar surface area (TPSA) is 41.1 Å². The van der Waals surface area contributed by atoms with E-state index >= 15 is 0 Å². The van der Waals surface area contributed by atoms with Gasteiger partial charge >= 0.3 is 6.18 Å². The maximum atomic E-state index is 11.8. The third kappa shape index (κ3) is 5.95. The van der Waals surface area contributed by atoms with E-state index in [-0.39, 0.29) is 18.4 Å². The first kappa shape index (κ1) is 13.3. The van der Waals surface area contributed by atoms with Gasteiger partial charge in [0.05, 0.1) is 0 Å². The predicted molar refractivity (Wildman–Crippen MR) is 53.9 cm³/mol. The summed E-state index contributed by atoms with van der Waals surface area (Å²) in [4.78, 5) is 10.8. The fourth-order valence-electron chi connectivity index (χ4n) is 1.68. The molecule has 1 atom stereocenters. The maximum Gasteiger partial charge on any atom is 0.389 e. The average molecular weight is 238 g/mol. The lowest BCUT2D eigenvalue weighted by Gasteiger charge is -2.11. The zero-order chi connectivity index (χ0) is 12.0. The van der Waals surface area contributed by atoms with Gasteiger partial charge in [-0.25, -0.2) is 0 Å². The van der Waals surface area contributed by atoms with Gasteiger partial charge in [-0.2, -0.15) is 13.2 Å². The van der Waals surface area contributed by atoms with E-state index in [1.807, 2.05) is 0 Å². The number of unbranched alkanes of at least 4 members (excludes halogenated alkanes) is 1. The van der Waals surface area contributed by atoms with E-state index < -0.39 is 12.6 Å². The molecule has 0 spiro atoms. The van der Waals surface area contributed by atoms with Gasteiger partial charge in [0.1, 0.15) is 0 Å². The van der Waals surface area contributed by atoms with Crippen molar-refractivity contribution >= 4 is 5.91 Å². The van der Waals surface area contributed by atoms with Gasteiger partial charge in [0, 0.05) is 25.4 Å². The molecule has 1 rings (SSSR count). The van der Waals surface area contributed by atoms with E-state index in [9.17, 15) is 18.0 Å². The Morgan fingerprint density at radius 3 is 2.69 bits per heavy atom. The Balaban J connectivity index is 1.90. The van der Waals surface area contributed by atoms with Crippen LogP contribution in [0, 0.1) is 0 Å². The third-order valence-corrected chi connectivity index (χ3v) is 2.54. The van der Waals surface area contributed by atoms with Crippen LogP contribution >= 0.6 is 0 Å². The summed E-state index contributed by atoms with van der Waals surface area (Å²) in [6, 6.07) is 0.148. The Morgan fingerprint density at radius 1 is 1.38 bits per heavy atom. The van der Waals surface area contributed by atoms with Crippen LogP contribution in [0.4, 0.5) is 13.2 Å². The van der Waals surface area contributed by atoms with Crippen LogP contribution < -0.4 is 10.6 Å². The van der Waals surface area contributed by atoms with Crippen LogP contribution in [0.25, 0.3) is 0 Å². The summed E-state index contributed by atoms with van der Waals surface area (Å²) in [6.07, 6.45) is -2.71. The second-order valence-electron chi connectivity index (χ2n) is 4.08. The summed E-state index contributed by atoms with van der Waals surface area (Å²) in [5, 5.41) is 5.84. The summed E-state index contributed by atoms with van der Waals surface area (Å²) in [7, 11) is 0. The number of carbonyl (C=O) groups excluding carboxylic acids is 1. The van der Waals surface area contributed by atoms with Crippen molar-refractivity contribution in [2.24, 2.45) is 0 Å². The first-order valence-electron chi connectivity index (χ1n) is 5.54. The summed E-state index contributed by atoms with van der Waals surface area (Å²) < 4.78 is 35.4. The number of amides is 1. The molecule has 1 saturated heterocycles. The minimum Gasteiger partial charge on any atom is -0.352 e. The molecule has 6 heteroatoms. The van der Waals surface area contributed by atoms with E-state index in [1.54, 1.807) is 0 Å². The molecule has 1 amide bonds. The molecule has 1 aliphatic rings. The lowest BCUT2D eigenvalue weighted by atomic mass is 10.2. The van der Waals surface area contributed by atoms with E-state index in [2.05, 4.69) is 10.6 Å². The molecule has 1 heterocycles. The molecular formula is C10H17F3N2O. The Labute approximate surface area is 92.8 Å². The molecule has 0 radical (unpaired) electrons. The molecule has 2 N–H and O–H groups in total. The monoisotopic (exact) mass is 238 g/mol. The van der Waals surface area contributed by atoms with Crippen LogP contribution in [0.3, 0.4) is 0 Å². The zero-order valence-corrected chi connectivity index (χ0v) is 9.07. The third-order valence-electron chi connectivity index (χ3n) is 2.54. The molecule has 16 heavy (non-hydrogen) atoms. The minimum atomic E-state index is -4.04. The number of carbonyl (C=O) groups is 1. The normalized spacial score (nSPS) is 21.2. The fraction of sp³-hybridized carbons (Fsp3) is 0.900. The van der Waals surface area contributed by atoms with Crippen molar-refractivity contribution in [1.82, 2.24) is 10.6 Å². The van der Waals surface area contributed by atoms with Crippen LogP contribution in [-0.2, 0) is 4.79 Å². The molecule has 1 unspecified atom stereocenters. The van der Waals surface area contributed by atoms with Crippen LogP contribution in [0.5, 0.6) is 0 Å². The van der Waals surface area contributed by atoms with Gasteiger partial charge in [-0.3, -0.25) is 4.79 Å². The summed E-state index contributed by atoms with van der Waals surface area (Å²) >= 11 is 0. The molecular weight excluding hydrogens is 221 g/mol. The van der Waals surface area contributed by atoms with Gasteiger partial charge in [0.2, 0.25) is 5.91 Å². The predicted octanol–water partition coefficient (Wildman–Crippen LogP) is 1.59. The second-order valence-corrected chi connectivity index (χ2v) is 4.08. The minimum absolute atomic E-state index is 0.0591. The molecule has 1 fully saturated rings. The fourth-order valence-corrected chi connectivity index (χ4v) is 1.68. The molecule has 0 saturated carbocycles. The summed E-state index contributed by atoms with van der Waals surface area (Å²) in [6.45, 7) is 1.22. The highest BCUT2D eigenvalue weighted by Gasteiger charge is 2.25. The highest BCUT2D eigenvalue weighted by atomic mass is 19.4. The van der Waals surface area contributed by atoms with Crippen molar-refractivity contribution in [1.29, 1.82) is 0 Å². The molecule has 3 nitrogen and oxygen atoms in total. The number of hydrogen-bond acceptors (Lipinski definition) is 2. The Hall–Kier alpha value is -0.780. The van der Waals surface area contributed by atoms with Crippen molar-refractivity contribution < 1.29 is 18.0 Å². The molecule has 94 valence electrons. The average Bonchev–Trinajstić information content (AvgIpc) is 2.56. The van der Waals surface area contributed by atoms with Crippen LogP contribution in [0.1, 0.15) is 32.1 Å². The Bertz CT molecular complexity index is 231. The molecule has 0 aromatic heterocycles. The lowest BCUT2D eigenvalue weighted by molar-refractivity contribution is -0.135. The van der Waals surface area contributed by atoms with Gasteiger partial charge in [0.15, 0.2) is 0 Å². The summed E-state index contributed by atoms with van der Waals surface area (Å²) in [5.41, 5.74) is 0. The van der Waals surface area contributed by atoms with Gasteiger partial charge in [-0.05, 0) is 25.8 Å². The molecule has 0 aromatic carbocycles. The molecule has 0 aliphatic carbocycles. The number of alkyl halides is 3. The van der Waals surface area contributed by atoms with Crippen molar-refractivity contribution in [3.63, 3.8) is 0 Å². The second kappa shape index (κ2) is 6.08. The van der Waals surface area contributed by atoms with E-state index in [0.29, 0.717) is 25.9 Å². The van der Waals surface area contributed by atoms with E-state index in [0.717, 1.165) is 6.42 Å². The first-order chi connectivity index (χ1) is 7.47. The van der Waals surface area contributed by atoms with E-state index in [4.69, 9.17) is 0 Å². The van der Waals surface area contributed by atoms with Gasteiger partial charge < -0.3 is 10.6 Å². The number of hydrogen-bond donors (Lipinski definition) is 2. The highest BCUT2D eigenvalue weighted by Crippen LogP contribution is 2.21. The number of rotatable bonds is 6. The van der Waals surface area contributed by atoms with Crippen molar-refractivity contribution in [2.75, 3.05) is 13.1 Å². The van der Waals surface area contributed by atoms with Crippen molar-refractivity contribution in [3.05, 3.63) is 0 Å². The zero-order valence-electron chi connectivity index (χ0n) is 9.07. The maximum absolute atomic E-state index is 11.8. The Kier molecular flexibility index (Phi) is 5.05. The van der Waals surface area contributed by atoms with Crippen molar-refractivity contribution in [2.45, 2.75) is 44.3 Å². The van der Waals surface area contributed by atoms with Gasteiger partial charge in [-0.1, -0.05) is 0 Å². The molecule has 0 bridgehead atoms. The molecule has 1 aliphatic heterocycles. The van der Waals surface area contributed by atoms with Gasteiger partial charge in [-0.15, -0.1) is 0 Å². The summed E-state index contributed by atoms with van der Waals surface area (Å²) in [5.74, 6) is 0.0591. The van der Waals surface area contributed by atoms with E-state index in [1.165, 1.54) is 0 Å². The van der Waals surface area contributed by atoms with Crippen LogP contribution in [0.15, 0.2) is 0 Å². The highest BCUT2D eigenvalue weighted by molar-refractivity contribution is 5.78. The standard InChI is InChI=1S/C10H17F3N2O/c11-10(12,13)5-1-2-6-14-7-8-3-4-9(16)15-8/h8,14H,1-7H2,(H,15,16). The number of nitrogens with one attached hydrogen (secondary N) is 2. The smallest absolute Gasteiger partial charge is 0.352 e. The Morgan fingerprint density at radius 2 is 2.12 bits per heavy atom. The SMILES string of the molecule is O=C1CCC(CNCCCCC(F)(F)F)N1. The van der Waals surface area contributed by atoms with Gasteiger partial charge in [0.25, 0.3) is 0 Å². The number of halogens is 3. The lowest BCUT2D eigenvalue weighted by Crippen LogP contribution is -2.36. The quantitative estimate of drug-likeness (QED) is 0.690. The van der Waals surface area contributed by atoms with Crippen molar-refractivity contribution in [3.8, 4) is 0 Å². The molecule has 0 aromatic rings. The van der Waals surface area contributed by atoms with Crippen LogP contribution in [0.2, 0.25) is 0 Å². The first-order valence-corrected chi connectivity index (χ1v) is 5.54.